The molecule has 11 heteroatoms. The Hall–Kier alpha value is -6.53. The van der Waals surface area contributed by atoms with Crippen LogP contribution >= 0.6 is 0 Å². The molecule has 12 rings (SSSR count). The lowest BCUT2D eigenvalue weighted by Crippen LogP contribution is -2.62. The summed E-state index contributed by atoms with van der Waals surface area (Å²) in [6.07, 6.45) is 15.1. The molecule has 2 spiro atoms. The van der Waals surface area contributed by atoms with Gasteiger partial charge in [-0.3, -0.25) is 4.79 Å². The first kappa shape index (κ1) is 51.6. The largest absolute Gasteiger partial charge is 0.508 e. The molecule has 5 N–H and O–H groups in total. The van der Waals surface area contributed by atoms with Gasteiger partial charge in [0.1, 0.15) is 29.0 Å². The van der Waals surface area contributed by atoms with Crippen LogP contribution in [0.5, 0.6) is 28.7 Å². The summed E-state index contributed by atoms with van der Waals surface area (Å²) >= 11 is 0. The normalized spacial score (nSPS) is 21.5. The maximum Gasteiger partial charge on any atom is 0.204 e. The number of aromatic amines is 1. The minimum atomic E-state index is -0.821. The van der Waals surface area contributed by atoms with Crippen molar-refractivity contribution in [1.29, 1.82) is 0 Å². The Labute approximate surface area is 448 Å². The molecule has 76 heavy (non-hydrogen) atoms. The SMILES string of the molecule is CCc1cc2c([nH]1)N1CCNCC1C1(CCC3(CCCC3)CC1)c1ccc(cc1)CC(CO)COc1c(c3c(c(OCCC(O)C=Cc4ccccc4)c1OC)C(=O)CC(c1ccc(O)cc1)O3)CCc1cccc-2c1. The molecule has 4 atom stereocenters. The molecule has 6 aliphatic rings. The lowest BCUT2D eigenvalue weighted by atomic mass is 9.57. The summed E-state index contributed by atoms with van der Waals surface area (Å²) in [5, 5.41) is 36.3. The summed E-state index contributed by atoms with van der Waals surface area (Å²) < 4.78 is 26.9. The van der Waals surface area contributed by atoms with Crippen molar-refractivity contribution < 1.29 is 39.1 Å². The van der Waals surface area contributed by atoms with Gasteiger partial charge < -0.3 is 49.5 Å². The van der Waals surface area contributed by atoms with Crippen molar-refractivity contribution in [3.05, 3.63) is 160 Å². The van der Waals surface area contributed by atoms with Crippen LogP contribution in [0.3, 0.4) is 0 Å². The van der Waals surface area contributed by atoms with Gasteiger partial charge in [-0.2, -0.15) is 0 Å². The van der Waals surface area contributed by atoms with E-state index in [0.29, 0.717) is 41.7 Å². The van der Waals surface area contributed by atoms with Gasteiger partial charge >= 0.3 is 0 Å². The number of aliphatic hydroxyl groups is 2. The number of fused-ring (bicyclic) bond motifs is 7. The van der Waals surface area contributed by atoms with Crippen LogP contribution in [0.25, 0.3) is 17.2 Å². The number of benzene rings is 5. The van der Waals surface area contributed by atoms with Crippen molar-refractivity contribution in [1.82, 2.24) is 10.3 Å². The highest BCUT2D eigenvalue weighted by molar-refractivity contribution is 6.04. The zero-order valence-corrected chi connectivity index (χ0v) is 44.3. The van der Waals surface area contributed by atoms with Crippen molar-refractivity contribution in [2.24, 2.45) is 11.3 Å². The molecule has 398 valence electrons. The van der Waals surface area contributed by atoms with Crippen molar-refractivity contribution >= 4 is 17.7 Å². The molecule has 0 radical (unpaired) electrons. The predicted molar refractivity (Wildman–Crippen MR) is 299 cm³/mol. The second-order valence-electron chi connectivity index (χ2n) is 22.3. The summed E-state index contributed by atoms with van der Waals surface area (Å²) in [7, 11) is 1.56. The molecule has 5 aromatic carbocycles. The Bertz CT molecular complexity index is 2990. The second kappa shape index (κ2) is 22.6. The van der Waals surface area contributed by atoms with Crippen LogP contribution in [-0.2, 0) is 31.1 Å². The average Bonchev–Trinajstić information content (AvgIpc) is 4.18. The number of methoxy groups -OCH3 is 1. The van der Waals surface area contributed by atoms with E-state index in [1.807, 2.05) is 36.4 Å². The molecule has 3 fully saturated rings. The molecule has 11 nitrogen and oxygen atoms in total. The lowest BCUT2D eigenvalue weighted by molar-refractivity contribution is 0.0834. The molecule has 5 heterocycles. The fraction of sp³-hybridized carbons (Fsp3) is 0.431. The van der Waals surface area contributed by atoms with Gasteiger partial charge in [-0.15, -0.1) is 0 Å². The molecule has 6 aromatic rings. The number of hydrogen-bond acceptors (Lipinski definition) is 10. The van der Waals surface area contributed by atoms with Crippen molar-refractivity contribution in [2.45, 2.75) is 120 Å². The molecular weight excluding hydrogens is 951 g/mol. The third-order valence-corrected chi connectivity index (χ3v) is 17.7. The van der Waals surface area contributed by atoms with Crippen LogP contribution in [0.1, 0.15) is 127 Å². The molecule has 2 saturated carbocycles. The summed E-state index contributed by atoms with van der Waals surface area (Å²) in [5.41, 5.74) is 10.3. The first-order valence-electron chi connectivity index (χ1n) is 28.1. The minimum absolute atomic E-state index is 0.0291. The number of hydrogen-bond donors (Lipinski definition) is 5. The number of aromatic nitrogens is 1. The molecule has 4 bridgehead atoms. The number of aliphatic hydroxyl groups excluding tert-OH is 2. The van der Waals surface area contributed by atoms with Crippen LogP contribution < -0.4 is 29.2 Å². The zero-order chi connectivity index (χ0) is 52.2. The van der Waals surface area contributed by atoms with E-state index >= 15 is 0 Å². The highest BCUT2D eigenvalue weighted by atomic mass is 16.5. The monoisotopic (exact) mass is 1030 g/mol. The van der Waals surface area contributed by atoms with Gasteiger partial charge in [0.05, 0.1) is 38.9 Å². The number of aromatic hydroxyl groups is 1. The number of H-pyrrole nitrogens is 1. The van der Waals surface area contributed by atoms with Crippen LogP contribution in [0, 0.1) is 11.3 Å². The Kier molecular flexibility index (Phi) is 15.3. The number of rotatable bonds is 10. The van der Waals surface area contributed by atoms with Gasteiger partial charge in [0.15, 0.2) is 17.3 Å². The topological polar surface area (TPSA) is 146 Å². The first-order valence-corrected chi connectivity index (χ1v) is 28.1. The van der Waals surface area contributed by atoms with E-state index < -0.39 is 12.2 Å². The van der Waals surface area contributed by atoms with E-state index in [4.69, 9.17) is 18.9 Å². The average molecular weight is 1030 g/mol. The molecule has 4 aliphatic heterocycles. The number of aryl methyl sites for hydroxylation is 2. The Balaban J connectivity index is 1.02. The number of carbonyl (C=O) groups excluding carboxylic acids is 1. The molecule has 2 aliphatic carbocycles. The second-order valence-corrected chi connectivity index (χ2v) is 22.3. The van der Waals surface area contributed by atoms with E-state index in [1.165, 1.54) is 61.2 Å². The highest BCUT2D eigenvalue weighted by Gasteiger charge is 2.51. The summed E-state index contributed by atoms with van der Waals surface area (Å²) in [4.78, 5) is 21.5. The van der Waals surface area contributed by atoms with Gasteiger partial charge in [-0.25, -0.2) is 0 Å². The highest BCUT2D eigenvalue weighted by Crippen LogP contribution is 2.57. The van der Waals surface area contributed by atoms with Gasteiger partial charge in [0, 0.05) is 60.8 Å². The Morgan fingerprint density at radius 1 is 0.855 bits per heavy atom. The third-order valence-electron chi connectivity index (χ3n) is 17.7. The maximum absolute atomic E-state index is 14.8. The van der Waals surface area contributed by atoms with Crippen LogP contribution in [0.2, 0.25) is 0 Å². The van der Waals surface area contributed by atoms with Gasteiger partial charge in [-0.1, -0.05) is 123 Å². The fourth-order valence-electron chi connectivity index (χ4n) is 13.4. The Morgan fingerprint density at radius 3 is 2.39 bits per heavy atom. The van der Waals surface area contributed by atoms with E-state index in [9.17, 15) is 20.1 Å². The predicted octanol–water partition coefficient (Wildman–Crippen LogP) is 11.7. The molecular formula is C65H75N3O8. The molecule has 1 aromatic heterocycles. The Morgan fingerprint density at radius 2 is 1.64 bits per heavy atom. The third kappa shape index (κ3) is 10.5. The van der Waals surface area contributed by atoms with Crippen molar-refractivity contribution in [2.75, 3.05) is 51.5 Å². The fourth-order valence-corrected chi connectivity index (χ4v) is 13.4. The number of ketones is 1. The van der Waals surface area contributed by atoms with Crippen LogP contribution in [0.4, 0.5) is 5.82 Å². The van der Waals surface area contributed by atoms with Crippen LogP contribution in [-0.4, -0.2) is 84.8 Å². The van der Waals surface area contributed by atoms with E-state index in [2.05, 4.69) is 76.7 Å². The molecule has 4 unspecified atom stereocenters. The van der Waals surface area contributed by atoms with E-state index in [-0.39, 0.29) is 78.6 Å². The lowest BCUT2D eigenvalue weighted by Gasteiger charge is -2.54. The minimum Gasteiger partial charge on any atom is -0.508 e. The number of nitrogens with one attached hydrogen (secondary N) is 2. The quantitative estimate of drug-likeness (QED) is 0.0899. The number of anilines is 1. The zero-order valence-electron chi connectivity index (χ0n) is 44.3. The summed E-state index contributed by atoms with van der Waals surface area (Å²) in [6, 6.07) is 37.4. The number of nitrogens with zero attached hydrogens (tertiary/aromatic N) is 1. The van der Waals surface area contributed by atoms with Crippen LogP contribution in [0.15, 0.2) is 115 Å². The number of carbonyl (C=O) groups is 1. The molecule has 0 amide bonds. The number of piperazine rings is 1. The summed E-state index contributed by atoms with van der Waals surface area (Å²) in [6.45, 7) is 5.04. The number of ether oxygens (including phenoxy) is 4. The van der Waals surface area contributed by atoms with E-state index in [1.54, 1.807) is 37.5 Å². The summed E-state index contributed by atoms with van der Waals surface area (Å²) in [5.74, 6) is 2.06. The van der Waals surface area contributed by atoms with Crippen molar-refractivity contribution in [3.8, 4) is 39.9 Å². The van der Waals surface area contributed by atoms with Crippen molar-refractivity contribution in [3.63, 3.8) is 0 Å². The number of Topliss-reactive ketones (excluding diaryl/α,β-unsaturated/α-hetero) is 1. The van der Waals surface area contributed by atoms with Gasteiger partial charge in [0.2, 0.25) is 5.75 Å². The number of phenolic OH excluding ortho intramolecular Hbond substituents is 1. The standard InChI is InChI=1S/C65H75N3O8/c1-3-50-38-54-48-13-9-12-44(37-48)17-25-53-59-58(55(72)39-56(76-59)47-18-23-51(70)24-19-47)61(74-35-26-52(71)22-16-43-10-5-4-6-11-43)62(73-2)60(53)75-42-46(41-69)36-45-14-20-49(21-15-45)65(31-29-64(30-32-65)27-7-8-28-64)57-40-66-33-34-68(57)63(54)67-50/h4-6,9-16,18-24,37-38,46,52,56-57,66-67,69-71H,3,7-8,17,25-36,39-42H2,1-2H3. The number of phenols is 1. The smallest absolute Gasteiger partial charge is 0.204 e. The molecule has 1 saturated heterocycles. The van der Waals surface area contributed by atoms with Gasteiger partial charge in [0.25, 0.3) is 0 Å². The van der Waals surface area contributed by atoms with E-state index in [0.717, 1.165) is 66.7 Å². The first-order chi connectivity index (χ1) is 37.2. The maximum atomic E-state index is 14.8. The van der Waals surface area contributed by atoms with Gasteiger partial charge in [-0.05, 0) is 121 Å².